The van der Waals surface area contributed by atoms with Gasteiger partial charge in [-0.15, -0.1) is 0 Å². The van der Waals surface area contributed by atoms with Crippen LogP contribution in [-0.4, -0.2) is 34.7 Å². The fourth-order valence-electron chi connectivity index (χ4n) is 1.34. The molecule has 0 atom stereocenters. The number of nitriles is 1. The van der Waals surface area contributed by atoms with Crippen molar-refractivity contribution in [3.63, 3.8) is 0 Å². The van der Waals surface area contributed by atoms with Crippen molar-refractivity contribution in [2.24, 2.45) is 0 Å². The highest BCUT2D eigenvalue weighted by Crippen LogP contribution is 2.15. The van der Waals surface area contributed by atoms with Gasteiger partial charge in [-0.05, 0) is 30.7 Å². The Labute approximate surface area is 106 Å². The summed E-state index contributed by atoms with van der Waals surface area (Å²) in [6.07, 6.45) is 2.54. The van der Waals surface area contributed by atoms with Gasteiger partial charge in [-0.2, -0.15) is 17.0 Å². The van der Waals surface area contributed by atoms with Gasteiger partial charge in [0.15, 0.2) is 0 Å². The van der Waals surface area contributed by atoms with E-state index in [-0.39, 0.29) is 6.61 Å². The topological polar surface area (TPSA) is 68.9 Å². The van der Waals surface area contributed by atoms with E-state index < -0.39 is 0 Å². The van der Waals surface area contributed by atoms with Crippen LogP contribution in [0.4, 0.5) is 5.82 Å². The van der Waals surface area contributed by atoms with Crippen molar-refractivity contribution in [3.05, 3.63) is 23.4 Å². The smallest absolute Gasteiger partial charge is 0.144 e. The molecule has 0 aliphatic carbocycles. The fourth-order valence-corrected chi connectivity index (χ4v) is 2.13. The lowest BCUT2D eigenvalue weighted by atomic mass is 10.1. The molecule has 17 heavy (non-hydrogen) atoms. The van der Waals surface area contributed by atoms with Gasteiger partial charge in [0.2, 0.25) is 0 Å². The Hall–Kier alpha value is -1.25. The van der Waals surface area contributed by atoms with Crippen LogP contribution in [0.15, 0.2) is 12.3 Å². The Balaban J connectivity index is 2.37. The number of nitrogens with one attached hydrogen (secondary N) is 1. The molecule has 4 nitrogen and oxygen atoms in total. The average molecular weight is 251 g/mol. The standard InChI is InChI=1S/C12H17N3OS/c1-10-3-4-14-12(11(10)9-13)15-5-8-17-7-2-6-16/h3-4,16H,2,5-8H2,1H3,(H,14,15). The van der Waals surface area contributed by atoms with Gasteiger partial charge in [0, 0.05) is 25.1 Å². The van der Waals surface area contributed by atoms with E-state index in [0.29, 0.717) is 11.4 Å². The second-order valence-corrected chi connectivity index (χ2v) is 4.80. The number of hydrogen-bond acceptors (Lipinski definition) is 5. The Kier molecular flexibility index (Phi) is 6.45. The highest BCUT2D eigenvalue weighted by molar-refractivity contribution is 7.99. The predicted octanol–water partition coefficient (Wildman–Crippen LogP) is 1.79. The minimum Gasteiger partial charge on any atom is -0.396 e. The molecule has 2 N–H and O–H groups in total. The Morgan fingerprint density at radius 1 is 1.53 bits per heavy atom. The van der Waals surface area contributed by atoms with Gasteiger partial charge >= 0.3 is 0 Å². The maximum atomic E-state index is 9.01. The first-order valence-corrected chi connectivity index (χ1v) is 6.73. The second kappa shape index (κ2) is 7.93. The molecule has 0 saturated heterocycles. The molecule has 0 aliphatic rings. The van der Waals surface area contributed by atoms with E-state index in [1.165, 1.54) is 0 Å². The van der Waals surface area contributed by atoms with E-state index in [1.807, 2.05) is 13.0 Å². The minimum atomic E-state index is 0.248. The molecular weight excluding hydrogens is 234 g/mol. The van der Waals surface area contributed by atoms with Gasteiger partial charge in [0.1, 0.15) is 11.9 Å². The van der Waals surface area contributed by atoms with Gasteiger partial charge in [0.25, 0.3) is 0 Å². The summed E-state index contributed by atoms with van der Waals surface area (Å²) in [5.74, 6) is 2.57. The Bertz CT molecular complexity index is 390. The van der Waals surface area contributed by atoms with Crippen LogP contribution >= 0.6 is 11.8 Å². The summed E-state index contributed by atoms with van der Waals surface area (Å²) < 4.78 is 0. The molecule has 1 rings (SSSR count). The first-order valence-electron chi connectivity index (χ1n) is 5.57. The lowest BCUT2D eigenvalue weighted by Gasteiger charge is -2.08. The highest BCUT2D eigenvalue weighted by atomic mass is 32.2. The molecule has 0 spiro atoms. The van der Waals surface area contributed by atoms with Gasteiger partial charge in [0.05, 0.1) is 5.56 Å². The van der Waals surface area contributed by atoms with Crippen LogP contribution in [0, 0.1) is 18.3 Å². The average Bonchev–Trinajstić information content (AvgIpc) is 2.34. The van der Waals surface area contributed by atoms with Crippen LogP contribution in [0.25, 0.3) is 0 Å². The second-order valence-electron chi connectivity index (χ2n) is 3.58. The summed E-state index contributed by atoms with van der Waals surface area (Å²) in [4.78, 5) is 4.16. The molecule has 0 unspecified atom stereocenters. The molecule has 92 valence electrons. The molecule has 0 aliphatic heterocycles. The maximum Gasteiger partial charge on any atom is 0.144 e. The first kappa shape index (κ1) is 13.8. The number of nitrogens with zero attached hydrogens (tertiary/aromatic N) is 2. The SMILES string of the molecule is Cc1ccnc(NCCSCCCO)c1C#N. The van der Waals surface area contributed by atoms with Gasteiger partial charge < -0.3 is 10.4 Å². The predicted molar refractivity (Wildman–Crippen MR) is 71.2 cm³/mol. The largest absolute Gasteiger partial charge is 0.396 e. The number of aromatic nitrogens is 1. The van der Waals surface area contributed by atoms with Gasteiger partial charge in [-0.25, -0.2) is 4.98 Å². The number of aliphatic hydroxyl groups excluding tert-OH is 1. The molecule has 1 aromatic rings. The summed E-state index contributed by atoms with van der Waals surface area (Å²) >= 11 is 1.78. The summed E-state index contributed by atoms with van der Waals surface area (Å²) in [7, 11) is 0. The molecule has 0 aromatic carbocycles. The van der Waals surface area contributed by atoms with Crippen molar-refractivity contribution in [1.82, 2.24) is 4.98 Å². The third-order valence-electron chi connectivity index (χ3n) is 2.26. The van der Waals surface area contributed by atoms with Crippen molar-refractivity contribution in [2.75, 3.05) is 30.0 Å². The quantitative estimate of drug-likeness (QED) is 0.723. The number of aryl methyl sites for hydroxylation is 1. The van der Waals surface area contributed by atoms with E-state index in [9.17, 15) is 0 Å². The fraction of sp³-hybridized carbons (Fsp3) is 0.500. The van der Waals surface area contributed by atoms with Gasteiger partial charge in [-0.1, -0.05) is 0 Å². The Morgan fingerprint density at radius 3 is 3.06 bits per heavy atom. The Morgan fingerprint density at radius 2 is 2.35 bits per heavy atom. The number of pyridine rings is 1. The zero-order chi connectivity index (χ0) is 12.5. The van der Waals surface area contributed by atoms with Crippen molar-refractivity contribution in [1.29, 1.82) is 5.26 Å². The first-order chi connectivity index (χ1) is 8.29. The van der Waals surface area contributed by atoms with Crippen LogP contribution < -0.4 is 5.32 Å². The summed E-state index contributed by atoms with van der Waals surface area (Å²) in [5.41, 5.74) is 1.56. The van der Waals surface area contributed by atoms with E-state index >= 15 is 0 Å². The van der Waals surface area contributed by atoms with Crippen molar-refractivity contribution >= 4 is 17.6 Å². The molecule has 0 bridgehead atoms. The number of hydrogen-bond donors (Lipinski definition) is 2. The number of thioether (sulfide) groups is 1. The van der Waals surface area contributed by atoms with Crippen LogP contribution in [0.1, 0.15) is 17.5 Å². The van der Waals surface area contributed by atoms with Crippen LogP contribution in [0.5, 0.6) is 0 Å². The number of rotatable bonds is 7. The van der Waals surface area contributed by atoms with E-state index in [2.05, 4.69) is 16.4 Å². The monoisotopic (exact) mass is 251 g/mol. The summed E-state index contributed by atoms with van der Waals surface area (Å²) in [6, 6.07) is 3.99. The van der Waals surface area contributed by atoms with Crippen molar-refractivity contribution in [2.45, 2.75) is 13.3 Å². The van der Waals surface area contributed by atoms with Crippen molar-refractivity contribution in [3.8, 4) is 6.07 Å². The summed E-state index contributed by atoms with van der Waals surface area (Å²) in [6.45, 7) is 2.93. The minimum absolute atomic E-state index is 0.248. The third-order valence-corrected chi connectivity index (χ3v) is 3.33. The lowest BCUT2D eigenvalue weighted by molar-refractivity contribution is 0.296. The molecule has 0 radical (unpaired) electrons. The lowest BCUT2D eigenvalue weighted by Crippen LogP contribution is -2.08. The molecule has 5 heteroatoms. The molecular formula is C12H17N3OS. The zero-order valence-corrected chi connectivity index (χ0v) is 10.8. The molecule has 0 saturated carbocycles. The van der Waals surface area contributed by atoms with E-state index in [0.717, 1.165) is 30.0 Å². The summed E-state index contributed by atoms with van der Waals surface area (Å²) in [5, 5.41) is 20.8. The third kappa shape index (κ3) is 4.63. The molecule has 0 amide bonds. The highest BCUT2D eigenvalue weighted by Gasteiger charge is 2.04. The van der Waals surface area contributed by atoms with E-state index in [4.69, 9.17) is 10.4 Å². The number of anilines is 1. The molecule has 1 aromatic heterocycles. The van der Waals surface area contributed by atoms with Crippen LogP contribution in [0.3, 0.4) is 0 Å². The van der Waals surface area contributed by atoms with Crippen molar-refractivity contribution < 1.29 is 5.11 Å². The molecule has 0 fully saturated rings. The normalized spacial score (nSPS) is 9.94. The zero-order valence-electron chi connectivity index (χ0n) is 9.94. The maximum absolute atomic E-state index is 9.01. The van der Waals surface area contributed by atoms with E-state index in [1.54, 1.807) is 18.0 Å². The molecule has 1 heterocycles. The van der Waals surface area contributed by atoms with Crippen LogP contribution in [0.2, 0.25) is 0 Å². The number of aliphatic hydroxyl groups is 1. The van der Waals surface area contributed by atoms with Crippen LogP contribution in [-0.2, 0) is 0 Å². The van der Waals surface area contributed by atoms with Gasteiger partial charge in [-0.3, -0.25) is 0 Å².